The average Bonchev–Trinajstić information content (AvgIpc) is 2.78. The topological polar surface area (TPSA) is 17.8 Å². The second kappa shape index (κ2) is 5.06. The molecule has 3 rings (SSSR count). The van der Waals surface area contributed by atoms with Crippen molar-refractivity contribution >= 4 is 22.6 Å². The van der Waals surface area contributed by atoms with Gasteiger partial charge in [-0.2, -0.15) is 0 Å². The molecular formula is C16H15ClN2. The Morgan fingerprint density at radius 3 is 2.63 bits per heavy atom. The Morgan fingerprint density at radius 2 is 1.89 bits per heavy atom. The van der Waals surface area contributed by atoms with Crippen molar-refractivity contribution in [2.75, 3.05) is 0 Å². The maximum absolute atomic E-state index is 6.03. The van der Waals surface area contributed by atoms with Gasteiger partial charge in [-0.15, -0.1) is 11.6 Å². The summed E-state index contributed by atoms with van der Waals surface area (Å²) < 4.78 is 2.20. The maximum atomic E-state index is 6.03. The molecule has 0 saturated heterocycles. The van der Waals surface area contributed by atoms with E-state index in [9.17, 15) is 0 Å². The Hall–Kier alpha value is -1.80. The summed E-state index contributed by atoms with van der Waals surface area (Å²) in [4.78, 5) is 4.60. The van der Waals surface area contributed by atoms with Gasteiger partial charge in [0.1, 0.15) is 5.82 Å². The molecular weight excluding hydrogens is 256 g/mol. The van der Waals surface area contributed by atoms with E-state index in [1.807, 2.05) is 6.07 Å². The first kappa shape index (κ1) is 12.2. The molecule has 0 atom stereocenters. The van der Waals surface area contributed by atoms with Crippen molar-refractivity contribution in [1.82, 2.24) is 9.55 Å². The van der Waals surface area contributed by atoms with Gasteiger partial charge in [-0.3, -0.25) is 0 Å². The number of hydrogen-bond donors (Lipinski definition) is 0. The molecule has 1 aromatic heterocycles. The summed E-state index contributed by atoms with van der Waals surface area (Å²) in [5.74, 6) is 1.35. The molecule has 0 fully saturated rings. The number of alkyl halides is 1. The van der Waals surface area contributed by atoms with Crippen LogP contribution in [0.25, 0.3) is 11.0 Å². The number of nitrogens with zero attached hydrogens (tertiary/aromatic N) is 2. The van der Waals surface area contributed by atoms with Crippen LogP contribution in [0.1, 0.15) is 17.0 Å². The predicted octanol–water partition coefficient (Wildman–Crippen LogP) is 4.13. The molecule has 0 amide bonds. The Labute approximate surface area is 117 Å². The molecule has 3 heteroatoms. The van der Waals surface area contributed by atoms with Crippen molar-refractivity contribution in [2.45, 2.75) is 19.3 Å². The van der Waals surface area contributed by atoms with Crippen LogP contribution in [-0.4, -0.2) is 9.55 Å². The second-order valence-electron chi connectivity index (χ2n) is 4.73. The molecule has 0 N–H and O–H groups in total. The molecule has 0 aliphatic carbocycles. The fraction of sp³-hybridized carbons (Fsp3) is 0.188. The van der Waals surface area contributed by atoms with Gasteiger partial charge < -0.3 is 4.57 Å². The fourth-order valence-electron chi connectivity index (χ4n) is 2.33. The van der Waals surface area contributed by atoms with E-state index in [1.165, 1.54) is 11.1 Å². The quantitative estimate of drug-likeness (QED) is 0.654. The first-order valence-electron chi connectivity index (χ1n) is 6.33. The molecule has 0 radical (unpaired) electrons. The number of aryl methyl sites for hydroxylation is 1. The minimum absolute atomic E-state index is 0.431. The van der Waals surface area contributed by atoms with Gasteiger partial charge in [-0.1, -0.05) is 36.4 Å². The third-order valence-corrected chi connectivity index (χ3v) is 3.52. The highest BCUT2D eigenvalue weighted by atomic mass is 35.5. The van der Waals surface area contributed by atoms with Crippen molar-refractivity contribution in [3.8, 4) is 0 Å². The lowest BCUT2D eigenvalue weighted by molar-refractivity contribution is 0.778. The molecule has 2 aromatic carbocycles. The monoisotopic (exact) mass is 270 g/mol. The van der Waals surface area contributed by atoms with E-state index in [4.69, 9.17) is 11.6 Å². The van der Waals surface area contributed by atoms with E-state index >= 15 is 0 Å². The normalized spacial score (nSPS) is 11.1. The molecule has 0 bridgehead atoms. The van der Waals surface area contributed by atoms with Crippen LogP contribution < -0.4 is 0 Å². The maximum Gasteiger partial charge on any atom is 0.125 e. The molecule has 1 heterocycles. The van der Waals surface area contributed by atoms with Crippen LogP contribution in [-0.2, 0) is 12.4 Å². The van der Waals surface area contributed by atoms with Crippen molar-refractivity contribution in [2.24, 2.45) is 0 Å². The van der Waals surface area contributed by atoms with Crippen LogP contribution in [0.4, 0.5) is 0 Å². The lowest BCUT2D eigenvalue weighted by atomic mass is 10.2. The fourth-order valence-corrected chi connectivity index (χ4v) is 2.53. The third-order valence-electron chi connectivity index (χ3n) is 3.29. The lowest BCUT2D eigenvalue weighted by Crippen LogP contribution is -2.03. The Kier molecular flexibility index (Phi) is 3.26. The number of imidazole rings is 1. The Morgan fingerprint density at radius 1 is 1.11 bits per heavy atom. The number of rotatable bonds is 3. The SMILES string of the molecule is Cc1ccc2nc(CCl)n(Cc3ccccc3)c2c1. The first-order chi connectivity index (χ1) is 9.28. The summed E-state index contributed by atoms with van der Waals surface area (Å²) in [6.45, 7) is 2.91. The van der Waals surface area contributed by atoms with Gasteiger partial charge in [0, 0.05) is 6.54 Å². The van der Waals surface area contributed by atoms with Crippen LogP contribution in [0.2, 0.25) is 0 Å². The van der Waals surface area contributed by atoms with Crippen LogP contribution in [0.3, 0.4) is 0 Å². The van der Waals surface area contributed by atoms with E-state index in [2.05, 4.69) is 58.9 Å². The van der Waals surface area contributed by atoms with Crippen molar-refractivity contribution in [3.63, 3.8) is 0 Å². The zero-order valence-electron chi connectivity index (χ0n) is 10.8. The molecule has 2 nitrogen and oxygen atoms in total. The molecule has 0 spiro atoms. The first-order valence-corrected chi connectivity index (χ1v) is 6.87. The van der Waals surface area contributed by atoms with E-state index in [0.717, 1.165) is 23.4 Å². The van der Waals surface area contributed by atoms with Crippen LogP contribution in [0, 0.1) is 6.92 Å². The molecule has 0 unspecified atom stereocenters. The number of hydrogen-bond acceptors (Lipinski definition) is 1. The van der Waals surface area contributed by atoms with E-state index < -0.39 is 0 Å². The summed E-state index contributed by atoms with van der Waals surface area (Å²) in [5.41, 5.74) is 4.66. The third kappa shape index (κ3) is 2.36. The van der Waals surface area contributed by atoms with Gasteiger partial charge in [-0.25, -0.2) is 4.98 Å². The summed E-state index contributed by atoms with van der Waals surface area (Å²) in [7, 11) is 0. The summed E-state index contributed by atoms with van der Waals surface area (Å²) in [5, 5.41) is 0. The Balaban J connectivity index is 2.12. The predicted molar refractivity (Wildman–Crippen MR) is 79.6 cm³/mol. The van der Waals surface area contributed by atoms with Crippen LogP contribution >= 0.6 is 11.6 Å². The minimum Gasteiger partial charge on any atom is -0.322 e. The van der Waals surface area contributed by atoms with Gasteiger partial charge in [-0.05, 0) is 30.2 Å². The van der Waals surface area contributed by atoms with Crippen LogP contribution in [0.15, 0.2) is 48.5 Å². The zero-order valence-corrected chi connectivity index (χ0v) is 11.6. The highest BCUT2D eigenvalue weighted by molar-refractivity contribution is 6.16. The summed E-state index contributed by atoms with van der Waals surface area (Å²) in [6.07, 6.45) is 0. The Bertz CT molecular complexity index is 701. The van der Waals surface area contributed by atoms with E-state index in [1.54, 1.807) is 0 Å². The van der Waals surface area contributed by atoms with E-state index in [0.29, 0.717) is 5.88 Å². The van der Waals surface area contributed by atoms with Gasteiger partial charge >= 0.3 is 0 Å². The summed E-state index contributed by atoms with van der Waals surface area (Å²) in [6, 6.07) is 16.7. The smallest absolute Gasteiger partial charge is 0.125 e. The number of halogens is 1. The highest BCUT2D eigenvalue weighted by Gasteiger charge is 2.10. The minimum atomic E-state index is 0.431. The highest BCUT2D eigenvalue weighted by Crippen LogP contribution is 2.20. The molecule has 19 heavy (non-hydrogen) atoms. The number of aromatic nitrogens is 2. The molecule has 96 valence electrons. The zero-order chi connectivity index (χ0) is 13.2. The standard InChI is InChI=1S/C16H15ClN2/c1-12-7-8-14-15(9-12)19(16(10-17)18-14)11-13-5-3-2-4-6-13/h2-9H,10-11H2,1H3. The van der Waals surface area contributed by atoms with Crippen molar-refractivity contribution < 1.29 is 0 Å². The number of fused-ring (bicyclic) bond motifs is 1. The van der Waals surface area contributed by atoms with Gasteiger partial charge in [0.2, 0.25) is 0 Å². The van der Waals surface area contributed by atoms with Crippen LogP contribution in [0.5, 0.6) is 0 Å². The second-order valence-corrected chi connectivity index (χ2v) is 4.99. The average molecular weight is 271 g/mol. The lowest BCUT2D eigenvalue weighted by Gasteiger charge is -2.08. The molecule has 3 aromatic rings. The van der Waals surface area contributed by atoms with Gasteiger partial charge in [0.25, 0.3) is 0 Å². The summed E-state index contributed by atoms with van der Waals surface area (Å²) >= 11 is 6.03. The van der Waals surface area contributed by atoms with E-state index in [-0.39, 0.29) is 0 Å². The number of benzene rings is 2. The van der Waals surface area contributed by atoms with Crippen molar-refractivity contribution in [3.05, 3.63) is 65.5 Å². The largest absolute Gasteiger partial charge is 0.322 e. The van der Waals surface area contributed by atoms with Crippen molar-refractivity contribution in [1.29, 1.82) is 0 Å². The molecule has 0 aliphatic heterocycles. The van der Waals surface area contributed by atoms with Gasteiger partial charge in [0.05, 0.1) is 16.9 Å². The molecule has 0 saturated carbocycles. The van der Waals surface area contributed by atoms with Gasteiger partial charge in [0.15, 0.2) is 0 Å². The molecule has 0 aliphatic rings.